The summed E-state index contributed by atoms with van der Waals surface area (Å²) in [6.07, 6.45) is -8.19. The van der Waals surface area contributed by atoms with E-state index in [1.807, 2.05) is 0 Å². The van der Waals surface area contributed by atoms with Gasteiger partial charge in [-0.25, -0.2) is 4.39 Å². The summed E-state index contributed by atoms with van der Waals surface area (Å²) in [5.41, 5.74) is 0. The molecule has 1 fully saturated rings. The standard InChI is InChI=1S/C6H11FO5/c7-3-5(10)4(9)2(1-8)12-6(3)11/h2-6,8-11H,1H2/i7-1. The van der Waals surface area contributed by atoms with E-state index >= 15 is 0 Å². The molecule has 0 aromatic heterocycles. The van der Waals surface area contributed by atoms with Crippen molar-refractivity contribution in [3.05, 3.63) is 0 Å². The summed E-state index contributed by atoms with van der Waals surface area (Å²) in [6.45, 7) is -0.581. The number of aliphatic hydroxyl groups excluding tert-OH is 4. The van der Waals surface area contributed by atoms with Gasteiger partial charge < -0.3 is 25.2 Å². The summed E-state index contributed by atoms with van der Waals surface area (Å²) < 4.78 is 17.1. The third-order valence-corrected chi connectivity index (χ3v) is 1.82. The molecule has 0 aromatic carbocycles. The molecule has 6 heteroatoms. The Bertz CT molecular complexity index is 150. The van der Waals surface area contributed by atoms with E-state index in [1.54, 1.807) is 0 Å². The van der Waals surface area contributed by atoms with Gasteiger partial charge in [-0.3, -0.25) is 0 Å². The van der Waals surface area contributed by atoms with E-state index < -0.39 is 37.4 Å². The van der Waals surface area contributed by atoms with Crippen molar-refractivity contribution in [1.82, 2.24) is 0 Å². The highest BCUT2D eigenvalue weighted by Gasteiger charge is 2.43. The fourth-order valence-electron chi connectivity index (χ4n) is 1.06. The monoisotopic (exact) mass is 181 g/mol. The van der Waals surface area contributed by atoms with E-state index in [1.165, 1.54) is 0 Å². The normalized spacial score (nSPS) is 49.2. The first kappa shape index (κ1) is 9.82. The first-order chi connectivity index (χ1) is 5.57. The molecule has 72 valence electrons. The van der Waals surface area contributed by atoms with Crippen LogP contribution in [0.15, 0.2) is 0 Å². The topological polar surface area (TPSA) is 90.2 Å². The predicted molar refractivity (Wildman–Crippen MR) is 34.9 cm³/mol. The predicted octanol–water partition coefficient (Wildman–Crippen LogP) is -2.24. The van der Waals surface area contributed by atoms with Crippen molar-refractivity contribution in [2.75, 3.05) is 6.61 Å². The minimum absolute atomic E-state index is 0.581. The van der Waals surface area contributed by atoms with Gasteiger partial charge in [0.15, 0.2) is 12.5 Å². The average molecular weight is 181 g/mol. The first-order valence-corrected chi connectivity index (χ1v) is 3.52. The number of hydrogen-bond donors (Lipinski definition) is 4. The zero-order chi connectivity index (χ0) is 9.30. The van der Waals surface area contributed by atoms with Crippen molar-refractivity contribution in [2.45, 2.75) is 30.8 Å². The van der Waals surface area contributed by atoms with Gasteiger partial charge in [0, 0.05) is 0 Å². The van der Waals surface area contributed by atoms with E-state index in [4.69, 9.17) is 20.4 Å². The second-order valence-corrected chi connectivity index (χ2v) is 2.67. The molecule has 0 saturated carbocycles. The van der Waals surface area contributed by atoms with E-state index in [0.717, 1.165) is 0 Å². The van der Waals surface area contributed by atoms with Crippen LogP contribution in [0.25, 0.3) is 0 Å². The molecule has 0 spiro atoms. The summed E-state index contributed by atoms with van der Waals surface area (Å²) in [5.74, 6) is 0. The molecular formula is C6H11FO5. The van der Waals surface area contributed by atoms with E-state index in [-0.39, 0.29) is 0 Å². The van der Waals surface area contributed by atoms with Gasteiger partial charge in [-0.15, -0.1) is 0 Å². The van der Waals surface area contributed by atoms with Crippen molar-refractivity contribution in [3.8, 4) is 0 Å². The maximum atomic E-state index is 12.7. The van der Waals surface area contributed by atoms with Crippen molar-refractivity contribution in [3.63, 3.8) is 0 Å². The lowest BCUT2D eigenvalue weighted by molar-refractivity contribution is -0.271. The maximum absolute atomic E-state index is 12.7. The fourth-order valence-corrected chi connectivity index (χ4v) is 1.06. The van der Waals surface area contributed by atoms with Crippen LogP contribution in [-0.4, -0.2) is 57.8 Å². The summed E-state index contributed by atoms with van der Waals surface area (Å²) in [4.78, 5) is 0. The molecule has 5 unspecified atom stereocenters. The van der Waals surface area contributed by atoms with Crippen molar-refractivity contribution >= 4 is 0 Å². The van der Waals surface area contributed by atoms with Crippen LogP contribution in [0.2, 0.25) is 0 Å². The van der Waals surface area contributed by atoms with Gasteiger partial charge in [0.25, 0.3) is 0 Å². The number of aliphatic hydroxyl groups is 4. The summed E-state index contributed by atoms with van der Waals surface area (Å²) in [5, 5.41) is 35.3. The molecule has 12 heavy (non-hydrogen) atoms. The second-order valence-electron chi connectivity index (χ2n) is 2.67. The highest BCUT2D eigenvalue weighted by Crippen LogP contribution is 2.21. The largest absolute Gasteiger partial charge is 0.394 e. The molecule has 1 aliphatic heterocycles. The average Bonchev–Trinajstić information content (AvgIpc) is 2.08. The molecule has 5 atom stereocenters. The second kappa shape index (κ2) is 3.63. The van der Waals surface area contributed by atoms with Crippen molar-refractivity contribution < 1.29 is 29.6 Å². The Morgan fingerprint density at radius 2 is 1.75 bits per heavy atom. The lowest BCUT2D eigenvalue weighted by Crippen LogP contribution is -2.56. The maximum Gasteiger partial charge on any atom is 0.189 e. The molecule has 0 amide bonds. The smallest absolute Gasteiger partial charge is 0.189 e. The number of rotatable bonds is 1. The Morgan fingerprint density at radius 3 is 2.25 bits per heavy atom. The molecule has 0 aliphatic carbocycles. The molecule has 0 bridgehead atoms. The number of halogens is 1. The number of ether oxygens (including phenoxy) is 1. The molecule has 4 N–H and O–H groups in total. The Balaban J connectivity index is 2.63. The van der Waals surface area contributed by atoms with Crippen molar-refractivity contribution in [1.29, 1.82) is 0 Å². The van der Waals surface area contributed by atoms with Crippen LogP contribution in [-0.2, 0) is 4.74 Å². The molecule has 5 nitrogen and oxygen atoms in total. The molecule has 1 heterocycles. The van der Waals surface area contributed by atoms with Crippen LogP contribution in [0.4, 0.5) is 4.39 Å². The summed E-state index contributed by atoms with van der Waals surface area (Å²) in [7, 11) is 0. The third-order valence-electron chi connectivity index (χ3n) is 1.82. The minimum Gasteiger partial charge on any atom is -0.394 e. The minimum atomic E-state index is -2.04. The van der Waals surface area contributed by atoms with Crippen LogP contribution < -0.4 is 0 Å². The van der Waals surface area contributed by atoms with Crippen molar-refractivity contribution in [2.24, 2.45) is 0 Å². The van der Waals surface area contributed by atoms with Crippen LogP contribution in [0, 0.1) is 0 Å². The zero-order valence-corrected chi connectivity index (χ0v) is 6.17. The lowest BCUT2D eigenvalue weighted by Gasteiger charge is -2.36. The highest BCUT2D eigenvalue weighted by atomic mass is 18.2. The Morgan fingerprint density at radius 1 is 1.17 bits per heavy atom. The first-order valence-electron chi connectivity index (χ1n) is 3.52. The van der Waals surface area contributed by atoms with Crippen LogP contribution >= 0.6 is 0 Å². The molecule has 0 radical (unpaired) electrons. The summed E-state index contributed by atoms with van der Waals surface area (Å²) >= 11 is 0. The molecule has 1 rings (SSSR count). The SMILES string of the molecule is OCC1OC(O)C([18F])C(O)C1O. The van der Waals surface area contributed by atoms with Gasteiger partial charge in [0.2, 0.25) is 0 Å². The zero-order valence-electron chi connectivity index (χ0n) is 6.17. The van der Waals surface area contributed by atoms with Crippen LogP contribution in [0.3, 0.4) is 0 Å². The van der Waals surface area contributed by atoms with Crippen LogP contribution in [0.1, 0.15) is 0 Å². The van der Waals surface area contributed by atoms with Gasteiger partial charge in [0.05, 0.1) is 6.61 Å². The van der Waals surface area contributed by atoms with E-state index in [9.17, 15) is 4.39 Å². The number of alkyl halides is 1. The third kappa shape index (κ3) is 1.57. The number of hydrogen-bond acceptors (Lipinski definition) is 5. The molecule has 1 saturated heterocycles. The van der Waals surface area contributed by atoms with Gasteiger partial charge >= 0.3 is 0 Å². The van der Waals surface area contributed by atoms with Gasteiger partial charge in [0.1, 0.15) is 18.3 Å². The molecular weight excluding hydrogens is 170 g/mol. The lowest BCUT2D eigenvalue weighted by atomic mass is 10.0. The van der Waals surface area contributed by atoms with E-state index in [2.05, 4.69) is 4.74 Å². The quantitative estimate of drug-likeness (QED) is 0.367. The van der Waals surface area contributed by atoms with Crippen LogP contribution in [0.5, 0.6) is 0 Å². The fraction of sp³-hybridized carbons (Fsp3) is 1.00. The Kier molecular flexibility index (Phi) is 2.97. The highest BCUT2D eigenvalue weighted by molar-refractivity contribution is 4.88. The Hall–Kier alpha value is -0.270. The summed E-state index contributed by atoms with van der Waals surface area (Å²) in [6, 6.07) is 0. The molecule has 0 aromatic rings. The Labute approximate surface area is 68.0 Å². The van der Waals surface area contributed by atoms with Gasteiger partial charge in [-0.05, 0) is 0 Å². The van der Waals surface area contributed by atoms with Gasteiger partial charge in [-0.2, -0.15) is 0 Å². The van der Waals surface area contributed by atoms with E-state index in [0.29, 0.717) is 0 Å². The molecule has 1 aliphatic rings. The van der Waals surface area contributed by atoms with Gasteiger partial charge in [-0.1, -0.05) is 0 Å².